The van der Waals surface area contributed by atoms with Crippen molar-refractivity contribution >= 4 is 6.03 Å². The zero-order chi connectivity index (χ0) is 18.6. The molecule has 6 nitrogen and oxygen atoms in total. The molecule has 0 aliphatic carbocycles. The fourth-order valence-electron chi connectivity index (χ4n) is 4.10. The molecule has 0 radical (unpaired) electrons. The van der Waals surface area contributed by atoms with Crippen LogP contribution in [0.15, 0.2) is 30.5 Å². The summed E-state index contributed by atoms with van der Waals surface area (Å²) < 4.78 is 13.1. The van der Waals surface area contributed by atoms with Crippen LogP contribution in [0.4, 0.5) is 9.18 Å². The quantitative estimate of drug-likeness (QED) is 0.868. The Balaban J connectivity index is 1.32. The first-order valence-corrected chi connectivity index (χ1v) is 9.76. The standard InChI is InChI=1S/C20H26FN5O/c21-17-6-4-15(5-7-17)19-16(13-23-24-19)12-22-20(27)26-11-8-18(14-26)25-9-2-1-3-10-25/h4-7,13,18H,1-3,8-12,14H2,(H,22,27)(H,23,24). The molecule has 144 valence electrons. The van der Waals surface area contributed by atoms with E-state index in [9.17, 15) is 9.18 Å². The van der Waals surface area contributed by atoms with Crippen molar-refractivity contribution in [1.82, 2.24) is 25.3 Å². The maximum atomic E-state index is 13.1. The largest absolute Gasteiger partial charge is 0.334 e. The van der Waals surface area contributed by atoms with Crippen molar-refractivity contribution in [3.8, 4) is 11.3 Å². The fraction of sp³-hybridized carbons (Fsp3) is 0.500. The lowest BCUT2D eigenvalue weighted by Gasteiger charge is -2.32. The normalized spacial score (nSPS) is 20.8. The van der Waals surface area contributed by atoms with Gasteiger partial charge in [-0.2, -0.15) is 5.10 Å². The van der Waals surface area contributed by atoms with Crippen LogP contribution >= 0.6 is 0 Å². The number of piperidine rings is 1. The third-order valence-corrected chi connectivity index (χ3v) is 5.64. The number of likely N-dealkylation sites (tertiary alicyclic amines) is 2. The van der Waals surface area contributed by atoms with E-state index in [2.05, 4.69) is 20.4 Å². The number of rotatable bonds is 4. The number of nitrogens with zero attached hydrogens (tertiary/aromatic N) is 3. The first kappa shape index (κ1) is 18.0. The van der Waals surface area contributed by atoms with Gasteiger partial charge in [-0.1, -0.05) is 6.42 Å². The second-order valence-corrected chi connectivity index (χ2v) is 7.42. The summed E-state index contributed by atoms with van der Waals surface area (Å²) in [6, 6.07) is 6.73. The van der Waals surface area contributed by atoms with Gasteiger partial charge in [0, 0.05) is 36.8 Å². The summed E-state index contributed by atoms with van der Waals surface area (Å²) in [4.78, 5) is 17.0. The van der Waals surface area contributed by atoms with Crippen LogP contribution < -0.4 is 5.32 Å². The van der Waals surface area contributed by atoms with Crippen molar-refractivity contribution < 1.29 is 9.18 Å². The van der Waals surface area contributed by atoms with Crippen molar-refractivity contribution in [1.29, 1.82) is 0 Å². The molecule has 1 aromatic carbocycles. The third-order valence-electron chi connectivity index (χ3n) is 5.64. The molecule has 0 saturated carbocycles. The van der Waals surface area contributed by atoms with Gasteiger partial charge in [0.2, 0.25) is 0 Å². The minimum Gasteiger partial charge on any atom is -0.334 e. The van der Waals surface area contributed by atoms with E-state index < -0.39 is 0 Å². The zero-order valence-electron chi connectivity index (χ0n) is 15.5. The Morgan fingerprint density at radius 3 is 2.74 bits per heavy atom. The van der Waals surface area contributed by atoms with Crippen LogP contribution in [-0.4, -0.2) is 58.2 Å². The number of halogens is 1. The molecular weight excluding hydrogens is 345 g/mol. The summed E-state index contributed by atoms with van der Waals surface area (Å²) in [6.07, 6.45) is 6.64. The molecule has 7 heteroatoms. The maximum absolute atomic E-state index is 13.1. The second kappa shape index (κ2) is 8.08. The lowest BCUT2D eigenvalue weighted by atomic mass is 10.1. The van der Waals surface area contributed by atoms with E-state index in [4.69, 9.17) is 0 Å². The molecule has 1 aromatic heterocycles. The van der Waals surface area contributed by atoms with Gasteiger partial charge in [0.15, 0.2) is 0 Å². The molecule has 4 rings (SSSR count). The average molecular weight is 371 g/mol. The number of carbonyl (C=O) groups excluding carboxylic acids is 1. The molecule has 1 atom stereocenters. The molecule has 0 spiro atoms. The topological polar surface area (TPSA) is 64.3 Å². The van der Waals surface area contributed by atoms with Gasteiger partial charge in [-0.3, -0.25) is 10.00 Å². The number of nitrogens with one attached hydrogen (secondary N) is 2. The molecule has 1 unspecified atom stereocenters. The monoisotopic (exact) mass is 371 g/mol. The highest BCUT2D eigenvalue weighted by Crippen LogP contribution is 2.22. The summed E-state index contributed by atoms with van der Waals surface area (Å²) in [7, 11) is 0. The third kappa shape index (κ3) is 4.13. The highest BCUT2D eigenvalue weighted by Gasteiger charge is 2.30. The highest BCUT2D eigenvalue weighted by atomic mass is 19.1. The Kier molecular flexibility index (Phi) is 5.38. The number of benzene rings is 1. The van der Waals surface area contributed by atoms with Crippen molar-refractivity contribution in [3.05, 3.63) is 41.8 Å². The second-order valence-electron chi connectivity index (χ2n) is 7.42. The zero-order valence-corrected chi connectivity index (χ0v) is 15.5. The van der Waals surface area contributed by atoms with Crippen LogP contribution in [0.1, 0.15) is 31.2 Å². The van der Waals surface area contributed by atoms with Gasteiger partial charge >= 0.3 is 6.03 Å². The van der Waals surface area contributed by atoms with Gasteiger partial charge < -0.3 is 10.2 Å². The Hall–Kier alpha value is -2.41. The van der Waals surface area contributed by atoms with Crippen LogP contribution in [0.25, 0.3) is 11.3 Å². The molecule has 2 amide bonds. The first-order chi connectivity index (χ1) is 13.2. The lowest BCUT2D eigenvalue weighted by Crippen LogP contribution is -2.43. The lowest BCUT2D eigenvalue weighted by molar-refractivity contribution is 0.161. The highest BCUT2D eigenvalue weighted by molar-refractivity contribution is 5.75. The number of aromatic amines is 1. The number of hydrogen-bond acceptors (Lipinski definition) is 3. The summed E-state index contributed by atoms with van der Waals surface area (Å²) in [5.41, 5.74) is 2.55. The van der Waals surface area contributed by atoms with E-state index in [0.717, 1.165) is 49.4 Å². The SMILES string of the molecule is O=C(NCc1cn[nH]c1-c1ccc(F)cc1)N1CCC(N2CCCCC2)C1. The molecule has 0 bridgehead atoms. The van der Waals surface area contributed by atoms with Crippen LogP contribution in [0.3, 0.4) is 0 Å². The van der Waals surface area contributed by atoms with Gasteiger partial charge in [-0.15, -0.1) is 0 Å². The Morgan fingerprint density at radius 2 is 1.96 bits per heavy atom. The molecule has 2 aliphatic rings. The average Bonchev–Trinajstić information content (AvgIpc) is 3.37. The maximum Gasteiger partial charge on any atom is 0.317 e. The van der Waals surface area contributed by atoms with Crippen LogP contribution in [0, 0.1) is 5.82 Å². The molecule has 2 aliphatic heterocycles. The molecule has 2 saturated heterocycles. The molecule has 3 heterocycles. The molecular formula is C20H26FN5O. The van der Waals surface area contributed by atoms with E-state index in [1.165, 1.54) is 31.4 Å². The number of carbonyl (C=O) groups is 1. The minimum atomic E-state index is -0.273. The van der Waals surface area contributed by atoms with Gasteiger partial charge in [0.1, 0.15) is 5.82 Å². The number of H-pyrrole nitrogens is 1. The molecule has 2 N–H and O–H groups in total. The fourth-order valence-corrected chi connectivity index (χ4v) is 4.10. The van der Waals surface area contributed by atoms with E-state index in [-0.39, 0.29) is 11.8 Å². The Bertz CT molecular complexity index is 769. The van der Waals surface area contributed by atoms with Crippen molar-refractivity contribution in [2.24, 2.45) is 0 Å². The van der Waals surface area contributed by atoms with Crippen molar-refractivity contribution in [2.75, 3.05) is 26.2 Å². The minimum absolute atomic E-state index is 0.0271. The predicted molar refractivity (Wildman–Crippen MR) is 102 cm³/mol. The van der Waals surface area contributed by atoms with Gasteiger partial charge in [-0.25, -0.2) is 9.18 Å². The molecule has 27 heavy (non-hydrogen) atoms. The number of hydrogen-bond donors (Lipinski definition) is 2. The summed E-state index contributed by atoms with van der Waals surface area (Å²) in [6.45, 7) is 4.34. The smallest absolute Gasteiger partial charge is 0.317 e. The number of amides is 2. The first-order valence-electron chi connectivity index (χ1n) is 9.76. The van der Waals surface area contributed by atoms with Crippen LogP contribution in [0.2, 0.25) is 0 Å². The van der Waals surface area contributed by atoms with E-state index in [1.807, 2.05) is 4.90 Å². The Morgan fingerprint density at radius 1 is 1.19 bits per heavy atom. The van der Waals surface area contributed by atoms with Crippen LogP contribution in [0.5, 0.6) is 0 Å². The van der Waals surface area contributed by atoms with Crippen molar-refractivity contribution in [3.63, 3.8) is 0 Å². The Labute approximate surface area is 158 Å². The van der Waals surface area contributed by atoms with Gasteiger partial charge in [-0.05, 0) is 56.6 Å². The van der Waals surface area contributed by atoms with E-state index >= 15 is 0 Å². The number of urea groups is 1. The van der Waals surface area contributed by atoms with Gasteiger partial charge in [0.25, 0.3) is 0 Å². The predicted octanol–water partition coefficient (Wildman–Crippen LogP) is 2.99. The van der Waals surface area contributed by atoms with E-state index in [1.54, 1.807) is 18.3 Å². The van der Waals surface area contributed by atoms with Gasteiger partial charge in [0.05, 0.1) is 11.9 Å². The van der Waals surface area contributed by atoms with E-state index in [0.29, 0.717) is 12.6 Å². The van der Waals surface area contributed by atoms with Crippen molar-refractivity contribution in [2.45, 2.75) is 38.3 Å². The molecule has 2 fully saturated rings. The summed E-state index contributed by atoms with van der Waals surface area (Å²) in [5, 5.41) is 10.0. The summed E-state index contributed by atoms with van der Waals surface area (Å²) in [5.74, 6) is -0.273. The molecule has 2 aromatic rings. The summed E-state index contributed by atoms with van der Waals surface area (Å²) >= 11 is 0. The number of aromatic nitrogens is 2. The van der Waals surface area contributed by atoms with Crippen LogP contribution in [-0.2, 0) is 6.54 Å².